The standard InChI is InChI=1S/C10H18F2N2O5/c1-10(18,4-8(15)16)6-14-9(17)13-2-3-19-5-7(11)12/h7,18H,2-6H2,1H3,(H,15,16)(H2,13,14,17). The molecule has 0 bridgehead atoms. The number of nitrogens with one attached hydrogen (secondary N) is 2. The molecule has 0 spiro atoms. The van der Waals surface area contributed by atoms with Gasteiger partial charge in [-0.15, -0.1) is 0 Å². The van der Waals surface area contributed by atoms with Crippen LogP contribution in [-0.2, 0) is 9.53 Å². The van der Waals surface area contributed by atoms with Crippen LogP contribution in [0, 0.1) is 0 Å². The Kier molecular flexibility index (Phi) is 7.92. The molecular weight excluding hydrogens is 266 g/mol. The quantitative estimate of drug-likeness (QED) is 0.438. The van der Waals surface area contributed by atoms with Crippen LogP contribution in [0.15, 0.2) is 0 Å². The van der Waals surface area contributed by atoms with E-state index in [4.69, 9.17) is 5.11 Å². The third-order valence-corrected chi connectivity index (χ3v) is 1.94. The highest BCUT2D eigenvalue weighted by molar-refractivity contribution is 5.74. The zero-order valence-electron chi connectivity index (χ0n) is 10.5. The van der Waals surface area contributed by atoms with Crippen molar-refractivity contribution in [2.75, 3.05) is 26.3 Å². The normalized spacial score (nSPS) is 13.9. The minimum atomic E-state index is -2.56. The molecule has 0 aliphatic carbocycles. The number of aliphatic carboxylic acids is 1. The van der Waals surface area contributed by atoms with Crippen molar-refractivity contribution < 1.29 is 33.3 Å². The van der Waals surface area contributed by atoms with Gasteiger partial charge in [0.25, 0.3) is 6.43 Å². The molecule has 9 heteroatoms. The van der Waals surface area contributed by atoms with Crippen molar-refractivity contribution in [1.82, 2.24) is 10.6 Å². The first-order valence-corrected chi connectivity index (χ1v) is 5.55. The maximum absolute atomic E-state index is 11.7. The summed E-state index contributed by atoms with van der Waals surface area (Å²) in [6, 6.07) is -0.647. The fourth-order valence-electron chi connectivity index (χ4n) is 1.13. The lowest BCUT2D eigenvalue weighted by Gasteiger charge is -2.21. The Morgan fingerprint density at radius 3 is 2.53 bits per heavy atom. The van der Waals surface area contributed by atoms with Gasteiger partial charge < -0.3 is 25.6 Å². The zero-order valence-corrected chi connectivity index (χ0v) is 10.5. The highest BCUT2D eigenvalue weighted by Crippen LogP contribution is 2.06. The minimum absolute atomic E-state index is 0.0274. The molecule has 2 amide bonds. The molecule has 0 heterocycles. The van der Waals surface area contributed by atoms with Gasteiger partial charge in [0.05, 0.1) is 18.6 Å². The molecule has 7 nitrogen and oxygen atoms in total. The molecule has 0 aliphatic rings. The van der Waals surface area contributed by atoms with Gasteiger partial charge in [0, 0.05) is 13.1 Å². The van der Waals surface area contributed by atoms with Gasteiger partial charge in [-0.25, -0.2) is 13.6 Å². The van der Waals surface area contributed by atoms with Crippen LogP contribution in [-0.4, -0.2) is 60.5 Å². The summed E-state index contributed by atoms with van der Waals surface area (Å²) in [5.41, 5.74) is -1.56. The Labute approximate surface area is 108 Å². The smallest absolute Gasteiger partial charge is 0.314 e. The molecule has 0 saturated carbocycles. The molecule has 4 N–H and O–H groups in total. The van der Waals surface area contributed by atoms with Gasteiger partial charge >= 0.3 is 12.0 Å². The second kappa shape index (κ2) is 8.59. The van der Waals surface area contributed by atoms with Crippen molar-refractivity contribution in [3.63, 3.8) is 0 Å². The van der Waals surface area contributed by atoms with Gasteiger partial charge in [-0.2, -0.15) is 0 Å². The molecule has 0 aromatic carbocycles. The monoisotopic (exact) mass is 284 g/mol. The van der Waals surface area contributed by atoms with Gasteiger partial charge in [0.1, 0.15) is 6.61 Å². The molecule has 0 rings (SSSR count). The van der Waals surface area contributed by atoms with Crippen molar-refractivity contribution in [3.8, 4) is 0 Å². The molecule has 0 aliphatic heterocycles. The highest BCUT2D eigenvalue weighted by Gasteiger charge is 2.24. The lowest BCUT2D eigenvalue weighted by Crippen LogP contribution is -2.46. The predicted molar refractivity (Wildman–Crippen MR) is 61.1 cm³/mol. The number of carbonyl (C=O) groups excluding carboxylic acids is 1. The van der Waals surface area contributed by atoms with Gasteiger partial charge in [-0.3, -0.25) is 4.79 Å². The largest absolute Gasteiger partial charge is 0.481 e. The molecule has 19 heavy (non-hydrogen) atoms. The SMILES string of the molecule is CC(O)(CNC(=O)NCCOCC(F)F)CC(=O)O. The molecule has 0 aromatic rings. The predicted octanol–water partition coefficient (Wildman–Crippen LogP) is -0.207. The number of hydrogen-bond acceptors (Lipinski definition) is 4. The van der Waals surface area contributed by atoms with Crippen LogP contribution in [0.5, 0.6) is 0 Å². The molecule has 0 radical (unpaired) electrons. The highest BCUT2D eigenvalue weighted by atomic mass is 19.3. The van der Waals surface area contributed by atoms with Crippen LogP contribution < -0.4 is 10.6 Å². The lowest BCUT2D eigenvalue weighted by molar-refractivity contribution is -0.141. The summed E-state index contributed by atoms with van der Waals surface area (Å²) >= 11 is 0. The topological polar surface area (TPSA) is 108 Å². The van der Waals surface area contributed by atoms with Gasteiger partial charge in [-0.1, -0.05) is 0 Å². The molecular formula is C10H18F2N2O5. The van der Waals surface area contributed by atoms with E-state index in [2.05, 4.69) is 15.4 Å². The number of urea groups is 1. The van der Waals surface area contributed by atoms with Crippen LogP contribution in [0.3, 0.4) is 0 Å². The van der Waals surface area contributed by atoms with Gasteiger partial charge in [0.2, 0.25) is 0 Å². The Balaban J connectivity index is 3.67. The summed E-state index contributed by atoms with van der Waals surface area (Å²) in [5, 5.41) is 22.6. The molecule has 0 saturated heterocycles. The molecule has 1 atom stereocenters. The van der Waals surface area contributed by atoms with Gasteiger partial charge in [-0.05, 0) is 6.92 Å². The molecule has 0 aromatic heterocycles. The number of aliphatic hydroxyl groups is 1. The van der Waals surface area contributed by atoms with Crippen LogP contribution in [0.4, 0.5) is 13.6 Å². The number of rotatable bonds is 9. The summed E-state index contributed by atoms with van der Waals surface area (Å²) in [5.74, 6) is -1.19. The zero-order chi connectivity index (χ0) is 14.9. The first-order chi connectivity index (χ1) is 8.73. The van der Waals surface area contributed by atoms with Crippen LogP contribution in [0.2, 0.25) is 0 Å². The fraction of sp³-hybridized carbons (Fsp3) is 0.800. The number of carboxylic acids is 1. The van der Waals surface area contributed by atoms with E-state index >= 15 is 0 Å². The maximum Gasteiger partial charge on any atom is 0.314 e. The van der Waals surface area contributed by atoms with E-state index in [1.54, 1.807) is 0 Å². The van der Waals surface area contributed by atoms with Crippen molar-refractivity contribution in [1.29, 1.82) is 0 Å². The number of carbonyl (C=O) groups is 2. The van der Waals surface area contributed by atoms with Crippen molar-refractivity contribution >= 4 is 12.0 Å². The Morgan fingerprint density at radius 1 is 1.37 bits per heavy atom. The third kappa shape index (κ3) is 11.3. The number of amides is 2. The first kappa shape index (κ1) is 17.5. The van der Waals surface area contributed by atoms with Crippen molar-refractivity contribution in [2.45, 2.75) is 25.4 Å². The van der Waals surface area contributed by atoms with E-state index in [1.165, 1.54) is 6.92 Å². The average molecular weight is 284 g/mol. The summed E-state index contributed by atoms with van der Waals surface area (Å²) in [6.07, 6.45) is -3.06. The number of hydrogen-bond donors (Lipinski definition) is 4. The summed E-state index contributed by atoms with van der Waals surface area (Å²) in [4.78, 5) is 21.6. The number of alkyl halides is 2. The van der Waals surface area contributed by atoms with Crippen LogP contribution in [0.25, 0.3) is 0 Å². The summed E-state index contributed by atoms with van der Waals surface area (Å²) in [7, 11) is 0. The minimum Gasteiger partial charge on any atom is -0.481 e. The molecule has 0 fully saturated rings. The summed E-state index contributed by atoms with van der Waals surface area (Å²) < 4.78 is 27.9. The second-order valence-corrected chi connectivity index (χ2v) is 4.14. The van der Waals surface area contributed by atoms with Crippen molar-refractivity contribution in [3.05, 3.63) is 0 Å². The lowest BCUT2D eigenvalue weighted by atomic mass is 10.0. The Bertz CT molecular complexity index is 300. The average Bonchev–Trinajstić information content (AvgIpc) is 2.24. The van der Waals surface area contributed by atoms with Crippen LogP contribution >= 0.6 is 0 Å². The van der Waals surface area contributed by atoms with E-state index in [-0.39, 0.29) is 19.7 Å². The Morgan fingerprint density at radius 2 is 2.00 bits per heavy atom. The number of carboxylic acid groups (broad SMARTS) is 1. The number of halogens is 2. The molecule has 1 unspecified atom stereocenters. The second-order valence-electron chi connectivity index (χ2n) is 4.14. The van der Waals surface area contributed by atoms with Gasteiger partial charge in [0.15, 0.2) is 0 Å². The Hall–Kier alpha value is -1.48. The summed E-state index contributed by atoms with van der Waals surface area (Å²) in [6.45, 7) is 0.287. The van der Waals surface area contributed by atoms with Crippen molar-refractivity contribution in [2.24, 2.45) is 0 Å². The third-order valence-electron chi connectivity index (χ3n) is 1.94. The van der Waals surface area contributed by atoms with E-state index in [1.807, 2.05) is 0 Å². The van der Waals surface area contributed by atoms with E-state index < -0.39 is 37.1 Å². The maximum atomic E-state index is 11.7. The van der Waals surface area contributed by atoms with Crippen LogP contribution in [0.1, 0.15) is 13.3 Å². The van der Waals surface area contributed by atoms with E-state index in [0.717, 1.165) is 0 Å². The van der Waals surface area contributed by atoms with E-state index in [0.29, 0.717) is 0 Å². The molecule has 112 valence electrons. The van der Waals surface area contributed by atoms with E-state index in [9.17, 15) is 23.5 Å². The number of ether oxygens (including phenoxy) is 1. The first-order valence-electron chi connectivity index (χ1n) is 5.55. The fourth-order valence-corrected chi connectivity index (χ4v) is 1.13.